The average Bonchev–Trinajstić information content (AvgIpc) is 2.46. The molecule has 2 aromatic carbocycles. The summed E-state index contributed by atoms with van der Waals surface area (Å²) in [7, 11) is 9.90. The molecule has 1 unspecified atom stereocenters. The maximum atomic E-state index is 14.0. The van der Waals surface area contributed by atoms with Crippen molar-refractivity contribution in [2.24, 2.45) is 0 Å². The maximum absolute atomic E-state index is 14.0. The molecule has 0 heterocycles. The molecule has 0 aliphatic rings. The standard InChI is InChI=1S/C18H22FOP.2ClH.Ti/c1-11-6-7-15(14(19)8-11)21-16-10-13(18(3,4)5)9-12(2)17(16)20;;;/h6-10,20-21H,1-5H3;2*1H;/q;;;+2/p-2. The van der Waals surface area contributed by atoms with Crippen LogP contribution in [0.3, 0.4) is 0 Å². The molecular formula is C18H22Cl2FOPTi. The molecule has 1 N–H and O–H groups in total. The number of rotatable bonds is 2. The molecule has 0 radical (unpaired) electrons. The van der Waals surface area contributed by atoms with Crippen LogP contribution in [0.5, 0.6) is 5.75 Å². The number of benzene rings is 2. The zero-order chi connectivity index (χ0) is 18.5. The third kappa shape index (κ3) is 6.32. The van der Waals surface area contributed by atoms with E-state index in [0.29, 0.717) is 5.30 Å². The Morgan fingerprint density at radius 2 is 1.62 bits per heavy atom. The van der Waals surface area contributed by atoms with Crippen molar-refractivity contribution >= 4 is 37.8 Å². The van der Waals surface area contributed by atoms with Gasteiger partial charge in [-0.2, -0.15) is 0 Å². The van der Waals surface area contributed by atoms with Crippen molar-refractivity contribution in [3.63, 3.8) is 0 Å². The number of hydrogen-bond acceptors (Lipinski definition) is 1. The quantitative estimate of drug-likeness (QED) is 0.503. The topological polar surface area (TPSA) is 20.2 Å². The van der Waals surface area contributed by atoms with Gasteiger partial charge >= 0.3 is 35.6 Å². The molecule has 0 fully saturated rings. The first-order chi connectivity index (χ1) is 11.1. The summed E-state index contributed by atoms with van der Waals surface area (Å²) in [6, 6.07) is 9.26. The fourth-order valence-corrected chi connectivity index (χ4v) is 3.37. The summed E-state index contributed by atoms with van der Waals surface area (Å²) in [5.74, 6) is 0.0767. The predicted octanol–water partition coefficient (Wildman–Crippen LogP) is 5.45. The van der Waals surface area contributed by atoms with Crippen molar-refractivity contribution < 1.29 is 26.5 Å². The van der Waals surface area contributed by atoms with Gasteiger partial charge in [0.25, 0.3) is 0 Å². The summed E-state index contributed by atoms with van der Waals surface area (Å²) < 4.78 is 14.0. The van der Waals surface area contributed by atoms with Crippen molar-refractivity contribution in [3.8, 4) is 5.75 Å². The Balaban J connectivity index is 0.000000891. The third-order valence-corrected chi connectivity index (χ3v) is 4.89. The van der Waals surface area contributed by atoms with Gasteiger partial charge in [0.1, 0.15) is 11.6 Å². The van der Waals surface area contributed by atoms with Gasteiger partial charge in [-0.1, -0.05) is 47.6 Å². The monoisotopic (exact) mass is 422 g/mol. The molecule has 0 spiro atoms. The van der Waals surface area contributed by atoms with Crippen molar-refractivity contribution in [2.45, 2.75) is 40.0 Å². The van der Waals surface area contributed by atoms with Crippen LogP contribution in [0.1, 0.15) is 37.5 Å². The minimum absolute atomic E-state index is 0.00348. The van der Waals surface area contributed by atoms with Crippen molar-refractivity contribution in [1.82, 2.24) is 0 Å². The summed E-state index contributed by atoms with van der Waals surface area (Å²) in [6.45, 7) is 10.2. The fraction of sp³-hybridized carbons (Fsp3) is 0.333. The Morgan fingerprint density at radius 3 is 2.12 bits per heavy atom. The van der Waals surface area contributed by atoms with Gasteiger partial charge in [0.2, 0.25) is 0 Å². The first kappa shape index (κ1) is 21.9. The van der Waals surface area contributed by atoms with Gasteiger partial charge in [-0.15, -0.1) is 0 Å². The van der Waals surface area contributed by atoms with E-state index in [2.05, 4.69) is 20.8 Å². The molecule has 0 aliphatic carbocycles. The third-order valence-electron chi connectivity index (χ3n) is 3.56. The molecule has 1 nitrogen and oxygen atoms in total. The van der Waals surface area contributed by atoms with Gasteiger partial charge in [0.15, 0.2) is 0 Å². The molecule has 1 atom stereocenters. The van der Waals surface area contributed by atoms with Gasteiger partial charge in [-0.25, -0.2) is 4.39 Å². The van der Waals surface area contributed by atoms with Crippen molar-refractivity contribution in [3.05, 3.63) is 52.8 Å². The van der Waals surface area contributed by atoms with Crippen LogP contribution in [0.2, 0.25) is 0 Å². The Kier molecular flexibility index (Phi) is 8.73. The first-order valence-electron chi connectivity index (χ1n) is 7.43. The van der Waals surface area contributed by atoms with Crippen LogP contribution in [0.15, 0.2) is 30.3 Å². The Bertz CT molecular complexity index is 702. The van der Waals surface area contributed by atoms with Crippen LogP contribution in [0.25, 0.3) is 0 Å². The summed E-state index contributed by atoms with van der Waals surface area (Å²) in [5, 5.41) is 11.7. The van der Waals surface area contributed by atoms with Crippen LogP contribution < -0.4 is 10.6 Å². The Labute approximate surface area is 162 Å². The fourth-order valence-electron chi connectivity index (χ4n) is 2.17. The molecule has 0 bridgehead atoms. The SMILES string of the molecule is Cc1ccc(Pc2cc(C(C)(C)C)cc(C)c2O)c(F)c1.[Cl][Ti][Cl]. The van der Waals surface area contributed by atoms with Crippen molar-refractivity contribution in [2.75, 3.05) is 0 Å². The van der Waals surface area contributed by atoms with Gasteiger partial charge in [-0.3, -0.25) is 0 Å². The molecule has 0 saturated heterocycles. The van der Waals surface area contributed by atoms with E-state index in [-0.39, 0.29) is 25.6 Å². The average molecular weight is 423 g/mol. The summed E-state index contributed by atoms with van der Waals surface area (Å²) >= 11 is -0.556. The van der Waals surface area contributed by atoms with E-state index >= 15 is 0 Å². The molecule has 0 amide bonds. The molecule has 24 heavy (non-hydrogen) atoms. The van der Waals surface area contributed by atoms with Gasteiger partial charge in [-0.05, 0) is 48.1 Å². The van der Waals surface area contributed by atoms with E-state index in [9.17, 15) is 9.50 Å². The van der Waals surface area contributed by atoms with Gasteiger partial charge < -0.3 is 5.11 Å². The summed E-state index contributed by atoms with van der Waals surface area (Å²) in [5.41, 5.74) is 2.92. The van der Waals surface area contributed by atoms with E-state index in [4.69, 9.17) is 18.6 Å². The second-order valence-corrected chi connectivity index (χ2v) is 10.5. The van der Waals surface area contributed by atoms with Gasteiger partial charge in [0.05, 0.1) is 0 Å². The number of phenolic OH excluding ortho intramolecular Hbond substituents is 1. The predicted molar refractivity (Wildman–Crippen MR) is 102 cm³/mol. The molecular weight excluding hydrogens is 401 g/mol. The molecule has 0 aromatic heterocycles. The molecule has 6 heteroatoms. The number of aromatic hydroxyl groups is 1. The van der Waals surface area contributed by atoms with Gasteiger partial charge in [0, 0.05) is 10.6 Å². The van der Waals surface area contributed by atoms with Crippen LogP contribution in [-0.4, -0.2) is 5.11 Å². The van der Waals surface area contributed by atoms with E-state index in [0.717, 1.165) is 22.0 Å². The Hall–Kier alpha value is -0.106. The summed E-state index contributed by atoms with van der Waals surface area (Å²) in [6.07, 6.45) is 0. The normalized spacial score (nSPS) is 11.3. The Morgan fingerprint density at radius 1 is 1.04 bits per heavy atom. The van der Waals surface area contributed by atoms with Crippen LogP contribution in [0.4, 0.5) is 4.39 Å². The summed E-state index contributed by atoms with van der Waals surface area (Å²) in [4.78, 5) is 0. The molecule has 2 aromatic rings. The van der Waals surface area contributed by atoms with E-state index in [1.54, 1.807) is 6.07 Å². The number of aryl methyl sites for hydroxylation is 2. The van der Waals surface area contributed by atoms with E-state index in [1.807, 2.05) is 38.1 Å². The number of hydrogen-bond donors (Lipinski definition) is 1. The molecule has 130 valence electrons. The van der Waals surface area contributed by atoms with E-state index < -0.39 is 17.0 Å². The van der Waals surface area contributed by atoms with E-state index in [1.165, 1.54) is 0 Å². The second kappa shape index (κ2) is 9.55. The van der Waals surface area contributed by atoms with Crippen LogP contribution in [-0.2, 0) is 22.4 Å². The van der Waals surface area contributed by atoms with Crippen molar-refractivity contribution in [1.29, 1.82) is 0 Å². The zero-order valence-electron chi connectivity index (χ0n) is 14.5. The molecule has 0 aliphatic heterocycles. The number of halogens is 3. The second-order valence-electron chi connectivity index (χ2n) is 6.62. The first-order valence-corrected chi connectivity index (χ1v) is 12.7. The zero-order valence-corrected chi connectivity index (χ0v) is 18.5. The van der Waals surface area contributed by atoms with Crippen LogP contribution >= 0.6 is 27.2 Å². The number of phenols is 1. The molecule has 0 saturated carbocycles. The van der Waals surface area contributed by atoms with Crippen LogP contribution in [0, 0.1) is 19.7 Å². The minimum atomic E-state index is -0.556. The molecule has 2 rings (SSSR count).